The molecule has 0 aliphatic carbocycles. The molecule has 39 heavy (non-hydrogen) atoms. The number of amides is 1. The highest BCUT2D eigenvalue weighted by Gasteiger charge is 2.38. The maximum absolute atomic E-state index is 13.0. The van der Waals surface area contributed by atoms with E-state index in [9.17, 15) is 25.1 Å². The number of nitrogens with zero attached hydrogens (tertiary/aromatic N) is 3. The van der Waals surface area contributed by atoms with Crippen molar-refractivity contribution in [3.8, 4) is 34.3 Å². The Balaban J connectivity index is 1.27. The molecule has 3 aromatic rings. The monoisotopic (exact) mass is 538 g/mol. The number of ether oxygens (including phenoxy) is 1. The van der Waals surface area contributed by atoms with Crippen LogP contribution in [0.15, 0.2) is 47.0 Å². The van der Waals surface area contributed by atoms with Gasteiger partial charge >= 0.3 is 0 Å². The van der Waals surface area contributed by atoms with Crippen LogP contribution in [0.3, 0.4) is 0 Å². The van der Waals surface area contributed by atoms with Gasteiger partial charge in [-0.05, 0) is 12.1 Å². The molecule has 0 radical (unpaired) electrons. The van der Waals surface area contributed by atoms with Crippen LogP contribution in [0, 0.1) is 10.1 Å². The lowest BCUT2D eigenvalue weighted by Crippen LogP contribution is -2.61. The third-order valence-corrected chi connectivity index (χ3v) is 7.83. The van der Waals surface area contributed by atoms with Crippen LogP contribution in [0.2, 0.25) is 0 Å². The van der Waals surface area contributed by atoms with Crippen LogP contribution < -0.4 is 15.4 Å². The number of phenols is 2. The number of rotatable bonds is 7. The van der Waals surface area contributed by atoms with E-state index < -0.39 is 4.92 Å². The Morgan fingerprint density at radius 3 is 2.49 bits per heavy atom. The Labute approximate surface area is 224 Å². The highest BCUT2D eigenvalue weighted by Crippen LogP contribution is 2.43. The molecule has 0 atom stereocenters. The van der Waals surface area contributed by atoms with Crippen LogP contribution in [-0.4, -0.2) is 76.0 Å². The molecule has 206 valence electrons. The summed E-state index contributed by atoms with van der Waals surface area (Å²) >= 11 is 0. The Morgan fingerprint density at radius 1 is 1.13 bits per heavy atom. The predicted octanol–water partition coefficient (Wildman–Crippen LogP) is 3.54. The van der Waals surface area contributed by atoms with Gasteiger partial charge in [0.25, 0.3) is 11.6 Å². The highest BCUT2D eigenvalue weighted by atomic mass is 16.6. The lowest BCUT2D eigenvalue weighted by atomic mass is 9.95. The van der Waals surface area contributed by atoms with Crippen molar-refractivity contribution in [1.82, 2.24) is 15.8 Å². The summed E-state index contributed by atoms with van der Waals surface area (Å²) in [5.74, 6) is -0.671. The van der Waals surface area contributed by atoms with Gasteiger partial charge in [0.05, 0.1) is 31.1 Å². The van der Waals surface area contributed by atoms with Gasteiger partial charge in [-0.1, -0.05) is 5.16 Å². The summed E-state index contributed by atoms with van der Waals surface area (Å²) in [6.07, 6.45) is 4.11. The Hall–Kier alpha value is -4.16. The van der Waals surface area contributed by atoms with Crippen LogP contribution in [-0.2, 0) is 0 Å². The second-order valence-corrected chi connectivity index (χ2v) is 10.4. The zero-order chi connectivity index (χ0) is 27.6. The van der Waals surface area contributed by atoms with Crippen molar-refractivity contribution in [1.29, 1.82) is 0 Å². The van der Waals surface area contributed by atoms with Crippen LogP contribution in [0.25, 0.3) is 11.3 Å². The van der Waals surface area contributed by atoms with Crippen molar-refractivity contribution < 1.29 is 33.7 Å². The van der Waals surface area contributed by atoms with Crippen molar-refractivity contribution >= 4 is 11.6 Å². The summed E-state index contributed by atoms with van der Waals surface area (Å²) < 4.78 is 12.2. The van der Waals surface area contributed by atoms with Crippen molar-refractivity contribution in [2.45, 2.75) is 37.8 Å². The van der Waals surface area contributed by atoms with E-state index in [4.69, 9.17) is 9.26 Å². The van der Waals surface area contributed by atoms with E-state index in [1.54, 1.807) is 0 Å². The number of hydrogen-bond donors (Lipinski definition) is 4. The number of hydrogen-bond acceptors (Lipinski definition) is 9. The molecule has 5 rings (SSSR count). The number of nitro groups is 1. The highest BCUT2D eigenvalue weighted by molar-refractivity contribution is 5.93. The van der Waals surface area contributed by atoms with Crippen LogP contribution >= 0.6 is 0 Å². The number of piperidine rings is 2. The topological polar surface area (TPSA) is 160 Å². The Morgan fingerprint density at radius 2 is 1.82 bits per heavy atom. The van der Waals surface area contributed by atoms with Gasteiger partial charge < -0.3 is 34.6 Å². The number of nitrogens with one attached hydrogen (secondary N) is 2. The Bertz CT molecular complexity index is 1340. The number of nitro benzene ring substituents is 1. The molecule has 2 fully saturated rings. The van der Waals surface area contributed by atoms with Gasteiger partial charge in [0.1, 0.15) is 28.6 Å². The van der Waals surface area contributed by atoms with Crippen LogP contribution in [0.4, 0.5) is 5.69 Å². The number of aromatic nitrogens is 1. The average molecular weight is 539 g/mol. The van der Waals surface area contributed by atoms with Gasteiger partial charge in [0, 0.05) is 75.1 Å². The largest absolute Gasteiger partial charge is 0.508 e. The SMILES string of the molecule is C[N+]1(C2CCNCC2)CCC(NC(=O)c2cc(-c3c(O)cc(O)cc3Oc3ccc([N+](=O)[O-])cc3)on2)CC1. The molecule has 12 heteroatoms. The maximum Gasteiger partial charge on any atom is 0.273 e. The molecule has 1 amide bonds. The first-order chi connectivity index (χ1) is 18.7. The third-order valence-electron chi connectivity index (χ3n) is 7.83. The molecule has 2 saturated heterocycles. The van der Waals surface area contributed by atoms with Gasteiger partial charge in [0.15, 0.2) is 11.5 Å². The summed E-state index contributed by atoms with van der Waals surface area (Å²) in [6, 6.07) is 9.79. The fourth-order valence-electron chi connectivity index (χ4n) is 5.53. The first kappa shape index (κ1) is 26.4. The van der Waals surface area contributed by atoms with Gasteiger partial charge in [0.2, 0.25) is 0 Å². The molecule has 0 spiro atoms. The third kappa shape index (κ3) is 5.81. The summed E-state index contributed by atoms with van der Waals surface area (Å²) in [5, 5.41) is 41.9. The minimum atomic E-state index is -0.532. The lowest BCUT2D eigenvalue weighted by molar-refractivity contribution is -0.938. The first-order valence-corrected chi connectivity index (χ1v) is 13.0. The fourth-order valence-corrected chi connectivity index (χ4v) is 5.53. The van der Waals surface area contributed by atoms with Gasteiger partial charge in [-0.25, -0.2) is 0 Å². The smallest absolute Gasteiger partial charge is 0.273 e. The molecule has 3 heterocycles. The second-order valence-electron chi connectivity index (χ2n) is 10.4. The minimum Gasteiger partial charge on any atom is -0.508 e. The van der Waals surface area contributed by atoms with Gasteiger partial charge in [-0.15, -0.1) is 0 Å². The predicted molar refractivity (Wildman–Crippen MR) is 141 cm³/mol. The fraction of sp³-hybridized carbons (Fsp3) is 0.407. The zero-order valence-electron chi connectivity index (χ0n) is 21.6. The molecule has 0 unspecified atom stereocenters. The molecule has 1 aromatic heterocycles. The number of aromatic hydroxyl groups is 2. The summed E-state index contributed by atoms with van der Waals surface area (Å²) in [6.45, 7) is 4.13. The van der Waals surface area contributed by atoms with E-state index in [-0.39, 0.29) is 57.7 Å². The average Bonchev–Trinajstić information content (AvgIpc) is 3.40. The van der Waals surface area contributed by atoms with E-state index in [1.807, 2.05) is 0 Å². The maximum atomic E-state index is 13.0. The van der Waals surface area contributed by atoms with Gasteiger partial charge in [-0.2, -0.15) is 0 Å². The van der Waals surface area contributed by atoms with Crippen LogP contribution in [0.5, 0.6) is 23.0 Å². The van der Waals surface area contributed by atoms with E-state index in [2.05, 4.69) is 22.8 Å². The van der Waals surface area contributed by atoms with E-state index in [0.29, 0.717) is 6.04 Å². The first-order valence-electron chi connectivity index (χ1n) is 13.0. The van der Waals surface area contributed by atoms with Crippen molar-refractivity contribution in [3.05, 3.63) is 58.3 Å². The number of carbonyl (C=O) groups excluding carboxylic acids is 1. The van der Waals surface area contributed by atoms with E-state index in [1.165, 1.54) is 49.2 Å². The quantitative estimate of drug-likeness (QED) is 0.200. The molecule has 2 aliphatic heterocycles. The number of phenolic OH excluding ortho intramolecular Hbond substituents is 2. The number of benzene rings is 2. The second kappa shape index (κ2) is 10.9. The normalized spacial score (nSPS) is 21.8. The standard InChI is InChI=1S/C27H31N5O7/c1-32(19-6-10-28-11-7-19)12-8-17(9-13-32)29-27(35)22-16-25(39-30-22)26-23(34)14-20(33)15-24(26)38-21-4-2-18(3-5-21)31(36)37/h2-5,14-17,19,28H,6-13H2,1H3,(H2-,29,30,33,34,35)/p+1. The molecule has 12 nitrogen and oxygen atoms in total. The lowest BCUT2D eigenvalue weighted by Gasteiger charge is -2.47. The van der Waals surface area contributed by atoms with Gasteiger partial charge in [-0.3, -0.25) is 14.9 Å². The molecule has 4 N–H and O–H groups in total. The minimum absolute atomic E-state index is 0.0201. The molecular formula is C27H32N5O7+. The summed E-state index contributed by atoms with van der Waals surface area (Å²) in [5.41, 5.74) is 0.0189. The molecule has 2 aliphatic rings. The van der Waals surface area contributed by atoms with E-state index in [0.717, 1.165) is 49.6 Å². The van der Waals surface area contributed by atoms with E-state index >= 15 is 0 Å². The summed E-state index contributed by atoms with van der Waals surface area (Å²) in [4.78, 5) is 23.4. The Kier molecular flexibility index (Phi) is 7.40. The molecule has 0 bridgehead atoms. The number of likely N-dealkylation sites (tertiary alicyclic amines) is 1. The van der Waals surface area contributed by atoms with Crippen molar-refractivity contribution in [2.24, 2.45) is 0 Å². The number of non-ortho nitro benzene ring substituents is 1. The van der Waals surface area contributed by atoms with Crippen molar-refractivity contribution in [2.75, 3.05) is 33.2 Å². The summed E-state index contributed by atoms with van der Waals surface area (Å²) in [7, 11) is 2.32. The molecular weight excluding hydrogens is 506 g/mol. The zero-order valence-corrected chi connectivity index (χ0v) is 21.6. The number of carbonyl (C=O) groups is 1. The molecule has 2 aromatic carbocycles. The molecule has 0 saturated carbocycles. The van der Waals surface area contributed by atoms with Crippen LogP contribution in [0.1, 0.15) is 36.2 Å². The van der Waals surface area contributed by atoms with Crippen molar-refractivity contribution in [3.63, 3.8) is 0 Å². The number of quaternary nitrogens is 1.